The molecule has 1 aliphatic rings. The first-order valence-corrected chi connectivity index (χ1v) is 6.99. The molecule has 0 N–H and O–H groups in total. The second-order valence-corrected chi connectivity index (χ2v) is 5.23. The fourth-order valence-corrected chi connectivity index (χ4v) is 2.84. The summed E-state index contributed by atoms with van der Waals surface area (Å²) in [5.74, 6) is 1.82. The normalized spacial score (nSPS) is 20.1. The molecule has 0 heteroatoms. The third-order valence-electron chi connectivity index (χ3n) is 3.87. The predicted molar refractivity (Wildman–Crippen MR) is 69.0 cm³/mol. The van der Waals surface area contributed by atoms with Gasteiger partial charge < -0.3 is 0 Å². The van der Waals surface area contributed by atoms with Crippen molar-refractivity contribution in [3.8, 4) is 0 Å². The van der Waals surface area contributed by atoms with Crippen molar-refractivity contribution in [3.63, 3.8) is 0 Å². The van der Waals surface area contributed by atoms with Gasteiger partial charge in [-0.25, -0.2) is 0 Å². The molecule has 1 atom stereocenters. The van der Waals surface area contributed by atoms with E-state index in [1.807, 2.05) is 0 Å². The summed E-state index contributed by atoms with van der Waals surface area (Å²) < 4.78 is 0. The van der Waals surface area contributed by atoms with Gasteiger partial charge in [-0.2, -0.15) is 0 Å². The van der Waals surface area contributed by atoms with Gasteiger partial charge in [-0.3, -0.25) is 0 Å². The van der Waals surface area contributed by atoms with Gasteiger partial charge in [0.25, 0.3) is 0 Å². The van der Waals surface area contributed by atoms with Crippen molar-refractivity contribution < 1.29 is 0 Å². The molecule has 0 saturated heterocycles. The Balaban J connectivity index is 2.16. The molecule has 0 aliphatic heterocycles. The van der Waals surface area contributed by atoms with Gasteiger partial charge in [-0.05, 0) is 24.7 Å². The summed E-state index contributed by atoms with van der Waals surface area (Å²) in [4.78, 5) is 0. The first kappa shape index (κ1) is 12.8. The molecule has 1 aliphatic carbocycles. The average Bonchev–Trinajstić information content (AvgIpc) is 2.29. The van der Waals surface area contributed by atoms with E-state index in [2.05, 4.69) is 19.6 Å². The molecule has 0 aromatic carbocycles. The lowest BCUT2D eigenvalue weighted by Crippen LogP contribution is -2.11. The van der Waals surface area contributed by atoms with Crippen LogP contribution in [0, 0.1) is 11.8 Å². The van der Waals surface area contributed by atoms with Crippen molar-refractivity contribution in [1.29, 1.82) is 0 Å². The van der Waals surface area contributed by atoms with Gasteiger partial charge in [0.2, 0.25) is 0 Å². The van der Waals surface area contributed by atoms with Gasteiger partial charge in [0.05, 0.1) is 0 Å². The van der Waals surface area contributed by atoms with E-state index < -0.39 is 0 Å². The molecular formula is C15H28. The standard InChI is InChI=1S/C15H28/c1-3-5-7-10-14(4-2)13-15-11-8-6-9-12-15/h4,14-15H,2-3,5-13H2,1H3. The minimum atomic E-state index is 0.805. The Morgan fingerprint density at radius 3 is 2.53 bits per heavy atom. The second-order valence-electron chi connectivity index (χ2n) is 5.23. The highest BCUT2D eigenvalue weighted by atomic mass is 14.2. The van der Waals surface area contributed by atoms with E-state index in [-0.39, 0.29) is 0 Å². The Morgan fingerprint density at radius 2 is 1.93 bits per heavy atom. The van der Waals surface area contributed by atoms with Crippen LogP contribution in [0.4, 0.5) is 0 Å². The van der Waals surface area contributed by atoms with Crippen molar-refractivity contribution in [2.75, 3.05) is 0 Å². The molecule has 88 valence electrons. The minimum Gasteiger partial charge on any atom is -0.103 e. The lowest BCUT2D eigenvalue weighted by atomic mass is 9.81. The number of allylic oxidation sites excluding steroid dienone is 1. The van der Waals surface area contributed by atoms with E-state index in [1.54, 1.807) is 0 Å². The van der Waals surface area contributed by atoms with E-state index in [4.69, 9.17) is 0 Å². The Labute approximate surface area is 96.2 Å². The summed E-state index contributed by atoms with van der Waals surface area (Å²) in [7, 11) is 0. The molecule has 0 radical (unpaired) electrons. The SMILES string of the molecule is C=CC(CCCCC)CC1CCCCC1. The lowest BCUT2D eigenvalue weighted by Gasteiger charge is -2.25. The first-order chi connectivity index (χ1) is 7.36. The van der Waals surface area contributed by atoms with Crippen LogP contribution in [0.3, 0.4) is 0 Å². The number of hydrogen-bond acceptors (Lipinski definition) is 0. The van der Waals surface area contributed by atoms with E-state index in [1.165, 1.54) is 64.2 Å². The molecule has 0 nitrogen and oxygen atoms in total. The molecule has 0 amide bonds. The molecule has 0 heterocycles. The van der Waals surface area contributed by atoms with Gasteiger partial charge in [0.15, 0.2) is 0 Å². The van der Waals surface area contributed by atoms with Crippen LogP contribution in [-0.4, -0.2) is 0 Å². The minimum absolute atomic E-state index is 0.805. The van der Waals surface area contributed by atoms with Crippen LogP contribution < -0.4 is 0 Å². The predicted octanol–water partition coefficient (Wildman–Crippen LogP) is 5.34. The van der Waals surface area contributed by atoms with Crippen LogP contribution >= 0.6 is 0 Å². The first-order valence-electron chi connectivity index (χ1n) is 6.99. The van der Waals surface area contributed by atoms with Gasteiger partial charge in [-0.1, -0.05) is 64.4 Å². The zero-order chi connectivity index (χ0) is 10.9. The molecule has 0 aromatic rings. The summed E-state index contributed by atoms with van der Waals surface area (Å²) in [6.45, 7) is 6.29. The van der Waals surface area contributed by atoms with E-state index in [0.717, 1.165) is 11.8 Å². The zero-order valence-corrected chi connectivity index (χ0v) is 10.5. The molecule has 1 rings (SSSR count). The highest BCUT2D eigenvalue weighted by Crippen LogP contribution is 2.31. The summed E-state index contributed by atoms with van der Waals surface area (Å²) in [5.41, 5.74) is 0. The molecule has 0 bridgehead atoms. The van der Waals surface area contributed by atoms with Crippen LogP contribution in [0.2, 0.25) is 0 Å². The molecular weight excluding hydrogens is 180 g/mol. The maximum Gasteiger partial charge on any atom is -0.0234 e. The van der Waals surface area contributed by atoms with Crippen molar-refractivity contribution in [2.45, 2.75) is 71.1 Å². The topological polar surface area (TPSA) is 0 Å². The Bertz CT molecular complexity index is 153. The average molecular weight is 208 g/mol. The lowest BCUT2D eigenvalue weighted by molar-refractivity contribution is 0.300. The molecule has 1 saturated carbocycles. The Morgan fingerprint density at radius 1 is 1.20 bits per heavy atom. The van der Waals surface area contributed by atoms with Crippen molar-refractivity contribution in [2.24, 2.45) is 11.8 Å². The van der Waals surface area contributed by atoms with Crippen LogP contribution in [0.25, 0.3) is 0 Å². The van der Waals surface area contributed by atoms with Crippen molar-refractivity contribution in [3.05, 3.63) is 12.7 Å². The molecule has 0 aromatic heterocycles. The summed E-state index contributed by atoms with van der Waals surface area (Å²) in [6.07, 6.45) is 16.6. The number of hydrogen-bond donors (Lipinski definition) is 0. The maximum absolute atomic E-state index is 4.01. The molecule has 0 spiro atoms. The van der Waals surface area contributed by atoms with Crippen LogP contribution in [0.1, 0.15) is 71.1 Å². The van der Waals surface area contributed by atoms with Crippen LogP contribution in [0.15, 0.2) is 12.7 Å². The van der Waals surface area contributed by atoms with E-state index >= 15 is 0 Å². The van der Waals surface area contributed by atoms with Crippen molar-refractivity contribution in [1.82, 2.24) is 0 Å². The second kappa shape index (κ2) is 7.96. The van der Waals surface area contributed by atoms with Crippen molar-refractivity contribution >= 4 is 0 Å². The highest BCUT2D eigenvalue weighted by molar-refractivity contribution is 4.82. The van der Waals surface area contributed by atoms with Crippen LogP contribution in [-0.2, 0) is 0 Å². The smallest absolute Gasteiger partial charge is 0.0234 e. The zero-order valence-electron chi connectivity index (χ0n) is 10.5. The fraction of sp³-hybridized carbons (Fsp3) is 0.867. The van der Waals surface area contributed by atoms with Gasteiger partial charge in [-0.15, -0.1) is 6.58 Å². The molecule has 1 fully saturated rings. The fourth-order valence-electron chi connectivity index (χ4n) is 2.84. The molecule has 15 heavy (non-hydrogen) atoms. The Kier molecular flexibility index (Phi) is 6.80. The highest BCUT2D eigenvalue weighted by Gasteiger charge is 2.16. The van der Waals surface area contributed by atoms with E-state index in [0.29, 0.717) is 0 Å². The van der Waals surface area contributed by atoms with Gasteiger partial charge in [0.1, 0.15) is 0 Å². The van der Waals surface area contributed by atoms with Crippen LogP contribution in [0.5, 0.6) is 0 Å². The Hall–Kier alpha value is -0.260. The monoisotopic (exact) mass is 208 g/mol. The summed E-state index contributed by atoms with van der Waals surface area (Å²) >= 11 is 0. The molecule has 1 unspecified atom stereocenters. The number of unbranched alkanes of at least 4 members (excludes halogenated alkanes) is 2. The third-order valence-corrected chi connectivity index (χ3v) is 3.87. The summed E-state index contributed by atoms with van der Waals surface area (Å²) in [5, 5.41) is 0. The largest absolute Gasteiger partial charge is 0.103 e. The van der Waals surface area contributed by atoms with Gasteiger partial charge >= 0.3 is 0 Å². The maximum atomic E-state index is 4.01. The number of rotatable bonds is 7. The summed E-state index contributed by atoms with van der Waals surface area (Å²) in [6, 6.07) is 0. The third kappa shape index (κ3) is 5.39. The van der Waals surface area contributed by atoms with Gasteiger partial charge in [0, 0.05) is 0 Å². The van der Waals surface area contributed by atoms with E-state index in [9.17, 15) is 0 Å². The quantitative estimate of drug-likeness (QED) is 0.391.